The summed E-state index contributed by atoms with van der Waals surface area (Å²) in [6.07, 6.45) is 2.44. The summed E-state index contributed by atoms with van der Waals surface area (Å²) < 4.78 is 13.0. The molecule has 1 aromatic rings. The number of unbranched alkanes of at least 4 members (excludes halogenated alkanes) is 1. The second-order valence-corrected chi connectivity index (χ2v) is 3.67. The third-order valence-corrected chi connectivity index (χ3v) is 2.45. The van der Waals surface area contributed by atoms with Gasteiger partial charge in [0.05, 0.1) is 0 Å². The van der Waals surface area contributed by atoms with Crippen molar-refractivity contribution in [3.05, 3.63) is 27.8 Å². The minimum Gasteiger partial charge on any atom is -0.330 e. The maximum atomic E-state index is 13.0. The molecule has 2 nitrogen and oxygen atoms in total. The Morgan fingerprint density at radius 3 is 2.64 bits per heavy atom. The summed E-state index contributed by atoms with van der Waals surface area (Å²) in [5.41, 5.74) is 6.02. The normalized spacial score (nSPS) is 10.6. The number of rotatable bonds is 4. The predicted octanol–water partition coefficient (Wildman–Crippen LogP) is 2.81. The molecular weight excluding hydrogens is 226 g/mol. The monoisotopic (exact) mass is 236 g/mol. The molecule has 1 aromatic heterocycles. The lowest BCUT2D eigenvalue weighted by atomic mass is 10.1. The Labute approximate surface area is 92.2 Å². The first-order chi connectivity index (χ1) is 6.65. The second kappa shape index (κ2) is 5.49. The van der Waals surface area contributed by atoms with Gasteiger partial charge in [0.2, 0.25) is 0 Å². The Hall–Kier alpha value is -0.380. The Bertz CT molecular complexity index is 318. The first kappa shape index (κ1) is 11.7. The molecule has 0 aliphatic rings. The van der Waals surface area contributed by atoms with Crippen molar-refractivity contribution in [3.63, 3.8) is 0 Å². The quantitative estimate of drug-likeness (QED) is 0.645. The molecule has 0 bridgehead atoms. The third-order valence-electron chi connectivity index (χ3n) is 1.86. The van der Waals surface area contributed by atoms with Gasteiger partial charge in [-0.1, -0.05) is 23.2 Å². The van der Waals surface area contributed by atoms with E-state index in [1.54, 1.807) is 0 Å². The van der Waals surface area contributed by atoms with Crippen molar-refractivity contribution in [1.29, 1.82) is 0 Å². The highest BCUT2D eigenvalue weighted by molar-refractivity contribution is 6.32. The van der Waals surface area contributed by atoms with E-state index in [-0.39, 0.29) is 10.3 Å². The average Bonchev–Trinajstić information content (AvgIpc) is 2.14. The molecular formula is C9H11Cl2FN2. The van der Waals surface area contributed by atoms with Gasteiger partial charge in [-0.3, -0.25) is 0 Å². The van der Waals surface area contributed by atoms with Crippen LogP contribution in [0.25, 0.3) is 0 Å². The number of nitrogens with zero attached hydrogens (tertiary/aromatic N) is 1. The first-order valence-electron chi connectivity index (χ1n) is 4.35. The minimum absolute atomic E-state index is 0.183. The van der Waals surface area contributed by atoms with E-state index >= 15 is 0 Å². The number of hydrogen-bond acceptors (Lipinski definition) is 2. The van der Waals surface area contributed by atoms with Gasteiger partial charge in [0.15, 0.2) is 11.0 Å². The summed E-state index contributed by atoms with van der Waals surface area (Å²) in [7, 11) is 0. The fourth-order valence-electron chi connectivity index (χ4n) is 1.12. The molecule has 14 heavy (non-hydrogen) atoms. The first-order valence-corrected chi connectivity index (χ1v) is 5.11. The van der Waals surface area contributed by atoms with Gasteiger partial charge in [-0.05, 0) is 37.4 Å². The molecule has 0 amide bonds. The molecule has 0 fully saturated rings. The molecule has 0 spiro atoms. The molecule has 78 valence electrons. The predicted molar refractivity (Wildman–Crippen MR) is 56.2 cm³/mol. The number of aromatic nitrogens is 1. The Balaban J connectivity index is 2.72. The topological polar surface area (TPSA) is 38.9 Å². The van der Waals surface area contributed by atoms with Crippen LogP contribution in [0, 0.1) is 5.82 Å². The largest absolute Gasteiger partial charge is 0.330 e. The van der Waals surface area contributed by atoms with Crippen LogP contribution in [0.2, 0.25) is 10.3 Å². The highest BCUT2D eigenvalue weighted by Gasteiger charge is 2.07. The zero-order chi connectivity index (χ0) is 10.6. The van der Waals surface area contributed by atoms with Gasteiger partial charge in [0.1, 0.15) is 5.15 Å². The van der Waals surface area contributed by atoms with E-state index in [4.69, 9.17) is 28.9 Å². The van der Waals surface area contributed by atoms with Crippen LogP contribution >= 0.6 is 23.2 Å². The maximum Gasteiger partial charge on any atom is 0.166 e. The third kappa shape index (κ3) is 3.08. The molecule has 0 aromatic carbocycles. The molecule has 0 saturated carbocycles. The van der Waals surface area contributed by atoms with Crippen LogP contribution in [0.1, 0.15) is 18.4 Å². The Kier molecular flexibility index (Phi) is 4.58. The molecule has 2 N–H and O–H groups in total. The van der Waals surface area contributed by atoms with E-state index in [1.807, 2.05) is 0 Å². The van der Waals surface area contributed by atoms with E-state index in [2.05, 4.69) is 4.98 Å². The van der Waals surface area contributed by atoms with Gasteiger partial charge in [-0.15, -0.1) is 0 Å². The number of hydrogen-bond donors (Lipinski definition) is 1. The number of nitrogens with two attached hydrogens (primary N) is 1. The fourth-order valence-corrected chi connectivity index (χ4v) is 1.53. The number of aryl methyl sites for hydroxylation is 1. The molecule has 1 heterocycles. The molecule has 0 aliphatic heterocycles. The van der Waals surface area contributed by atoms with Gasteiger partial charge in [0.25, 0.3) is 0 Å². The summed E-state index contributed by atoms with van der Waals surface area (Å²) in [6, 6.07) is 1.33. The minimum atomic E-state index is -0.529. The summed E-state index contributed by atoms with van der Waals surface area (Å²) >= 11 is 11.2. The van der Waals surface area contributed by atoms with Crippen LogP contribution in [0.3, 0.4) is 0 Å². The van der Waals surface area contributed by atoms with Gasteiger partial charge >= 0.3 is 0 Å². The molecule has 0 atom stereocenters. The standard InChI is InChI=1S/C9H11Cl2FN2/c10-8-6(3-1-2-4-13)5-7(12)9(11)14-8/h5H,1-4,13H2. The van der Waals surface area contributed by atoms with Crippen molar-refractivity contribution >= 4 is 23.2 Å². The highest BCUT2D eigenvalue weighted by atomic mass is 35.5. The smallest absolute Gasteiger partial charge is 0.166 e. The van der Waals surface area contributed by atoms with Crippen LogP contribution in [0.4, 0.5) is 4.39 Å². The maximum absolute atomic E-state index is 13.0. The molecule has 1 rings (SSSR count). The highest BCUT2D eigenvalue weighted by Crippen LogP contribution is 2.21. The van der Waals surface area contributed by atoms with E-state index in [9.17, 15) is 4.39 Å². The van der Waals surface area contributed by atoms with E-state index in [1.165, 1.54) is 6.07 Å². The van der Waals surface area contributed by atoms with E-state index in [0.717, 1.165) is 12.8 Å². The van der Waals surface area contributed by atoms with Gasteiger partial charge in [-0.25, -0.2) is 9.37 Å². The lowest BCUT2D eigenvalue weighted by Crippen LogP contribution is -2.00. The van der Waals surface area contributed by atoms with Gasteiger partial charge in [-0.2, -0.15) is 0 Å². The zero-order valence-electron chi connectivity index (χ0n) is 7.56. The zero-order valence-corrected chi connectivity index (χ0v) is 9.08. The molecule has 0 unspecified atom stereocenters. The van der Waals surface area contributed by atoms with Crippen molar-refractivity contribution < 1.29 is 4.39 Å². The van der Waals surface area contributed by atoms with E-state index in [0.29, 0.717) is 18.5 Å². The lowest BCUT2D eigenvalue weighted by molar-refractivity contribution is 0.617. The van der Waals surface area contributed by atoms with Gasteiger partial charge in [0, 0.05) is 0 Å². The van der Waals surface area contributed by atoms with Crippen molar-refractivity contribution in [1.82, 2.24) is 4.98 Å². The van der Waals surface area contributed by atoms with Crippen molar-refractivity contribution in [2.24, 2.45) is 5.73 Å². The summed E-state index contributed by atoms with van der Waals surface area (Å²) in [4.78, 5) is 3.68. The second-order valence-electron chi connectivity index (χ2n) is 2.96. The summed E-state index contributed by atoms with van der Waals surface area (Å²) in [5.74, 6) is -0.529. The van der Waals surface area contributed by atoms with E-state index < -0.39 is 5.82 Å². The molecule has 0 aliphatic carbocycles. The molecule has 5 heteroatoms. The summed E-state index contributed by atoms with van der Waals surface area (Å²) in [6.45, 7) is 0.626. The van der Waals surface area contributed by atoms with Crippen LogP contribution in [0.5, 0.6) is 0 Å². The summed E-state index contributed by atoms with van der Waals surface area (Å²) in [5, 5.41) is 0.0889. The number of halogens is 3. The molecule has 0 saturated heterocycles. The SMILES string of the molecule is NCCCCc1cc(F)c(Cl)nc1Cl. The van der Waals surface area contributed by atoms with Crippen LogP contribution in [0.15, 0.2) is 6.07 Å². The van der Waals surface area contributed by atoms with Gasteiger partial charge < -0.3 is 5.73 Å². The lowest BCUT2D eigenvalue weighted by Gasteiger charge is -2.04. The van der Waals surface area contributed by atoms with Crippen molar-refractivity contribution in [3.8, 4) is 0 Å². The molecule has 0 radical (unpaired) electrons. The van der Waals surface area contributed by atoms with Crippen LogP contribution < -0.4 is 5.73 Å². The fraction of sp³-hybridized carbons (Fsp3) is 0.444. The number of pyridine rings is 1. The average molecular weight is 237 g/mol. The van der Waals surface area contributed by atoms with Crippen LogP contribution in [-0.2, 0) is 6.42 Å². The Morgan fingerprint density at radius 1 is 1.29 bits per heavy atom. The van der Waals surface area contributed by atoms with Crippen molar-refractivity contribution in [2.45, 2.75) is 19.3 Å². The van der Waals surface area contributed by atoms with Crippen molar-refractivity contribution in [2.75, 3.05) is 6.54 Å². The Morgan fingerprint density at radius 2 is 2.00 bits per heavy atom. The van der Waals surface area contributed by atoms with Crippen LogP contribution in [-0.4, -0.2) is 11.5 Å².